The number of amides is 1. The molecule has 1 aliphatic rings. The third-order valence-electron chi connectivity index (χ3n) is 6.81. The third-order valence-corrected chi connectivity index (χ3v) is 6.81. The zero-order chi connectivity index (χ0) is 24.8. The summed E-state index contributed by atoms with van der Waals surface area (Å²) in [5.74, 6) is 1.99. The van der Waals surface area contributed by atoms with Crippen molar-refractivity contribution in [1.82, 2.24) is 9.80 Å². The van der Waals surface area contributed by atoms with Crippen LogP contribution in [0.15, 0.2) is 72.8 Å². The molecule has 35 heavy (non-hydrogen) atoms. The van der Waals surface area contributed by atoms with E-state index in [4.69, 9.17) is 9.47 Å². The van der Waals surface area contributed by atoms with Crippen LogP contribution >= 0.6 is 0 Å². The van der Waals surface area contributed by atoms with Gasteiger partial charge in [0.25, 0.3) is 0 Å². The van der Waals surface area contributed by atoms with Crippen molar-refractivity contribution in [3.05, 3.63) is 95.3 Å². The summed E-state index contributed by atoms with van der Waals surface area (Å²) in [6.07, 6.45) is 0. The van der Waals surface area contributed by atoms with Crippen molar-refractivity contribution in [2.75, 3.05) is 33.9 Å². The zero-order valence-electron chi connectivity index (χ0n) is 20.6. The number of nitrogens with zero attached hydrogens (tertiary/aromatic N) is 2. The van der Waals surface area contributed by atoms with E-state index in [2.05, 4.69) is 29.2 Å². The zero-order valence-corrected chi connectivity index (χ0v) is 20.6. The molecule has 1 aliphatic heterocycles. The predicted octanol–water partition coefficient (Wildman–Crippen LogP) is 5.11. The van der Waals surface area contributed by atoms with Crippen molar-refractivity contribution in [1.29, 1.82) is 0 Å². The maximum Gasteiger partial charge on any atom is 0.219 e. The van der Waals surface area contributed by atoms with E-state index in [0.717, 1.165) is 36.7 Å². The highest BCUT2D eigenvalue weighted by Crippen LogP contribution is 2.35. The Labute approximate surface area is 207 Å². The molecule has 0 spiro atoms. The summed E-state index contributed by atoms with van der Waals surface area (Å²) in [7, 11) is 3.34. The molecule has 1 heterocycles. The lowest BCUT2D eigenvalue weighted by Crippen LogP contribution is -2.35. The average molecular weight is 477 g/mol. The van der Waals surface area contributed by atoms with Gasteiger partial charge < -0.3 is 14.4 Å². The first kappa shape index (κ1) is 24.7. The van der Waals surface area contributed by atoms with Gasteiger partial charge in [0.05, 0.1) is 14.2 Å². The monoisotopic (exact) mass is 476 g/mol. The number of ether oxygens (including phenoxy) is 2. The summed E-state index contributed by atoms with van der Waals surface area (Å²) < 4.78 is 24.0. The molecule has 5 nitrogen and oxygen atoms in total. The molecule has 2 atom stereocenters. The van der Waals surface area contributed by atoms with Crippen molar-refractivity contribution < 1.29 is 18.7 Å². The number of benzene rings is 3. The first-order valence-corrected chi connectivity index (χ1v) is 11.9. The molecule has 3 aromatic rings. The number of methoxy groups -OCH3 is 2. The lowest BCUT2D eigenvalue weighted by Gasteiger charge is -2.28. The molecule has 1 amide bonds. The van der Waals surface area contributed by atoms with Crippen LogP contribution in [0.2, 0.25) is 0 Å². The SMILES string of the molecule is COc1ccc(CN2C[C@H](CN(Cc3ccc(F)cc3)C(C)=O)[C@@H](c3ccc(OC)cc3)C2)cc1. The van der Waals surface area contributed by atoms with E-state index in [1.807, 2.05) is 29.2 Å². The minimum atomic E-state index is -0.271. The minimum absolute atomic E-state index is 0.0245. The van der Waals surface area contributed by atoms with E-state index in [-0.39, 0.29) is 23.6 Å². The largest absolute Gasteiger partial charge is 0.497 e. The fraction of sp³-hybridized carbons (Fsp3) is 0.345. The molecule has 0 N–H and O–H groups in total. The fourth-order valence-electron chi connectivity index (χ4n) is 4.89. The molecular formula is C29H33FN2O3. The predicted molar refractivity (Wildman–Crippen MR) is 135 cm³/mol. The molecule has 0 unspecified atom stereocenters. The Morgan fingerprint density at radius 2 is 1.46 bits per heavy atom. The van der Waals surface area contributed by atoms with Crippen molar-refractivity contribution in [3.63, 3.8) is 0 Å². The van der Waals surface area contributed by atoms with Gasteiger partial charge in [-0.25, -0.2) is 4.39 Å². The van der Waals surface area contributed by atoms with Crippen molar-refractivity contribution in [2.24, 2.45) is 5.92 Å². The molecule has 0 radical (unpaired) electrons. The Morgan fingerprint density at radius 3 is 2.03 bits per heavy atom. The maximum atomic E-state index is 13.4. The van der Waals surface area contributed by atoms with E-state index in [9.17, 15) is 9.18 Å². The Balaban J connectivity index is 1.53. The lowest BCUT2D eigenvalue weighted by molar-refractivity contribution is -0.130. The van der Waals surface area contributed by atoms with Crippen LogP contribution in [0.5, 0.6) is 11.5 Å². The first-order chi connectivity index (χ1) is 16.9. The Morgan fingerprint density at radius 1 is 0.886 bits per heavy atom. The highest BCUT2D eigenvalue weighted by Gasteiger charge is 2.35. The maximum absolute atomic E-state index is 13.4. The third kappa shape index (κ3) is 6.40. The first-order valence-electron chi connectivity index (χ1n) is 11.9. The van der Waals surface area contributed by atoms with E-state index >= 15 is 0 Å². The number of hydrogen-bond donors (Lipinski definition) is 0. The van der Waals surface area contributed by atoms with Crippen LogP contribution in [0.1, 0.15) is 29.5 Å². The average Bonchev–Trinajstić information content (AvgIpc) is 3.27. The highest BCUT2D eigenvalue weighted by molar-refractivity contribution is 5.73. The molecule has 6 heteroatoms. The number of carbonyl (C=O) groups is 1. The van der Waals surface area contributed by atoms with Gasteiger partial charge in [-0.05, 0) is 59.0 Å². The minimum Gasteiger partial charge on any atom is -0.497 e. The molecular weight excluding hydrogens is 443 g/mol. The van der Waals surface area contributed by atoms with Crippen LogP contribution in [0, 0.1) is 11.7 Å². The van der Waals surface area contributed by atoms with E-state index in [1.54, 1.807) is 33.3 Å². The van der Waals surface area contributed by atoms with Crippen LogP contribution in [0.4, 0.5) is 4.39 Å². The number of hydrogen-bond acceptors (Lipinski definition) is 4. The van der Waals surface area contributed by atoms with Gasteiger partial charge in [0.15, 0.2) is 0 Å². The van der Waals surface area contributed by atoms with Crippen LogP contribution in [-0.4, -0.2) is 49.6 Å². The normalized spacial score (nSPS) is 17.8. The van der Waals surface area contributed by atoms with Gasteiger partial charge in [-0.15, -0.1) is 0 Å². The topological polar surface area (TPSA) is 42.0 Å². The quantitative estimate of drug-likeness (QED) is 0.431. The van der Waals surface area contributed by atoms with Gasteiger partial charge in [0.2, 0.25) is 5.91 Å². The second kappa shape index (κ2) is 11.4. The van der Waals surface area contributed by atoms with Crippen molar-refractivity contribution >= 4 is 5.91 Å². The molecule has 0 bridgehead atoms. The molecule has 1 saturated heterocycles. The molecule has 0 aromatic heterocycles. The van der Waals surface area contributed by atoms with Crippen LogP contribution in [-0.2, 0) is 17.9 Å². The summed E-state index contributed by atoms with van der Waals surface area (Å²) in [5.41, 5.74) is 3.41. The molecule has 0 aliphatic carbocycles. The van der Waals surface area contributed by atoms with Crippen LogP contribution in [0.3, 0.4) is 0 Å². The van der Waals surface area contributed by atoms with Crippen LogP contribution in [0.25, 0.3) is 0 Å². The van der Waals surface area contributed by atoms with Gasteiger partial charge in [-0.1, -0.05) is 36.4 Å². The standard InChI is InChI=1S/C29H33FN2O3/c1-21(33)32(17-23-4-10-26(30)11-5-23)19-25-18-31(16-22-6-12-27(34-2)13-7-22)20-29(25)24-8-14-28(35-3)15-9-24/h4-15,25,29H,16-20H2,1-3H3/t25-,29-/m1/s1. The summed E-state index contributed by atoms with van der Waals surface area (Å²) in [6.45, 7) is 5.35. The molecule has 3 aromatic carbocycles. The Kier molecular flexibility index (Phi) is 8.03. The van der Waals surface area contributed by atoms with Gasteiger partial charge in [-0.2, -0.15) is 0 Å². The number of likely N-dealkylation sites (tertiary alicyclic amines) is 1. The summed E-state index contributed by atoms with van der Waals surface area (Å²) in [6, 6.07) is 22.8. The van der Waals surface area contributed by atoms with E-state index in [0.29, 0.717) is 13.1 Å². The molecule has 184 valence electrons. The van der Waals surface area contributed by atoms with Crippen molar-refractivity contribution in [3.8, 4) is 11.5 Å². The number of halogens is 1. The van der Waals surface area contributed by atoms with Gasteiger partial charge >= 0.3 is 0 Å². The second-order valence-corrected chi connectivity index (χ2v) is 9.21. The van der Waals surface area contributed by atoms with Gasteiger partial charge in [-0.3, -0.25) is 9.69 Å². The molecule has 0 saturated carbocycles. The summed E-state index contributed by atoms with van der Waals surface area (Å²) in [4.78, 5) is 16.9. The summed E-state index contributed by atoms with van der Waals surface area (Å²) >= 11 is 0. The fourth-order valence-corrected chi connectivity index (χ4v) is 4.89. The molecule has 1 fully saturated rings. The smallest absolute Gasteiger partial charge is 0.219 e. The van der Waals surface area contributed by atoms with Gasteiger partial charge in [0.1, 0.15) is 17.3 Å². The second-order valence-electron chi connectivity index (χ2n) is 9.21. The van der Waals surface area contributed by atoms with Gasteiger partial charge in [0, 0.05) is 45.6 Å². The number of carbonyl (C=O) groups excluding carboxylic acids is 1. The van der Waals surface area contributed by atoms with Crippen molar-refractivity contribution in [2.45, 2.75) is 25.9 Å². The molecule has 4 rings (SSSR count). The Bertz CT molecular complexity index is 1100. The number of rotatable bonds is 9. The lowest BCUT2D eigenvalue weighted by atomic mass is 9.88. The summed E-state index contributed by atoms with van der Waals surface area (Å²) in [5, 5.41) is 0. The van der Waals surface area contributed by atoms with E-state index < -0.39 is 0 Å². The Hall–Kier alpha value is -3.38. The highest BCUT2D eigenvalue weighted by atomic mass is 19.1. The van der Waals surface area contributed by atoms with E-state index in [1.165, 1.54) is 23.3 Å². The van der Waals surface area contributed by atoms with Crippen LogP contribution < -0.4 is 9.47 Å².